The fourth-order valence-corrected chi connectivity index (χ4v) is 4.02. The molecule has 3 heterocycles. The van der Waals surface area contributed by atoms with Crippen LogP contribution in [0.4, 0.5) is 0 Å². The van der Waals surface area contributed by atoms with Crippen molar-refractivity contribution in [1.82, 2.24) is 8.97 Å². The van der Waals surface area contributed by atoms with Gasteiger partial charge < -0.3 is 4.57 Å². The quantitative estimate of drug-likeness (QED) is 0.370. The number of aryl methyl sites for hydroxylation is 3. The first-order valence-corrected chi connectivity index (χ1v) is 8.26. The monoisotopic (exact) mass is 316 g/mol. The second kappa shape index (κ2) is 4.57. The first-order valence-electron chi connectivity index (χ1n) is 8.26. The number of para-hydroxylation sites is 1. The van der Waals surface area contributed by atoms with Crippen molar-refractivity contribution in [1.29, 1.82) is 0 Å². The summed E-state index contributed by atoms with van der Waals surface area (Å²) in [6, 6.07) is 13.4. The van der Waals surface area contributed by atoms with E-state index in [2.05, 4.69) is 4.57 Å². The van der Waals surface area contributed by atoms with Gasteiger partial charge in [0, 0.05) is 17.5 Å². The van der Waals surface area contributed by atoms with E-state index in [0.29, 0.717) is 16.3 Å². The molecule has 0 aliphatic carbocycles. The third-order valence-electron chi connectivity index (χ3n) is 5.09. The lowest BCUT2D eigenvalue weighted by Crippen LogP contribution is -2.29. The second-order valence-electron chi connectivity index (χ2n) is 6.56. The van der Waals surface area contributed by atoms with Crippen LogP contribution in [0.1, 0.15) is 17.5 Å². The summed E-state index contributed by atoms with van der Waals surface area (Å²) in [7, 11) is 0. The molecule has 4 aromatic rings. The Morgan fingerprint density at radius 2 is 1.79 bits per heavy atom. The van der Waals surface area contributed by atoms with E-state index in [1.54, 1.807) is 4.40 Å². The number of pyridine rings is 1. The summed E-state index contributed by atoms with van der Waals surface area (Å²) in [4.78, 5) is 26.2. The average molecular weight is 316 g/mol. The van der Waals surface area contributed by atoms with Gasteiger partial charge in [-0.3, -0.25) is 14.0 Å². The maximum Gasteiger partial charge on any atom is 0.266 e. The molecule has 4 heteroatoms. The van der Waals surface area contributed by atoms with Gasteiger partial charge in [0.15, 0.2) is 5.43 Å². The molecule has 4 nitrogen and oxygen atoms in total. The number of hydrogen-bond acceptors (Lipinski definition) is 2. The third kappa shape index (κ3) is 1.58. The minimum absolute atomic E-state index is 0.0474. The van der Waals surface area contributed by atoms with Crippen molar-refractivity contribution in [3.63, 3.8) is 0 Å². The highest BCUT2D eigenvalue weighted by Crippen LogP contribution is 2.25. The van der Waals surface area contributed by atoms with Gasteiger partial charge >= 0.3 is 0 Å². The van der Waals surface area contributed by atoms with Crippen LogP contribution in [-0.2, 0) is 13.0 Å². The number of nitrogens with zero attached hydrogens (tertiary/aromatic N) is 2. The van der Waals surface area contributed by atoms with Gasteiger partial charge in [0.2, 0.25) is 0 Å². The van der Waals surface area contributed by atoms with E-state index in [-0.39, 0.29) is 11.0 Å². The molecule has 0 N–H and O–H groups in total. The highest BCUT2D eigenvalue weighted by atomic mass is 16.1. The van der Waals surface area contributed by atoms with Crippen molar-refractivity contribution < 1.29 is 0 Å². The highest BCUT2D eigenvalue weighted by molar-refractivity contribution is 5.88. The molecule has 118 valence electrons. The van der Waals surface area contributed by atoms with Gasteiger partial charge in [-0.05, 0) is 44.0 Å². The Bertz CT molecular complexity index is 1280. The highest BCUT2D eigenvalue weighted by Gasteiger charge is 2.22. The molecule has 0 bridgehead atoms. The molecule has 5 rings (SSSR count). The van der Waals surface area contributed by atoms with Gasteiger partial charge in [-0.25, -0.2) is 0 Å². The van der Waals surface area contributed by atoms with Crippen LogP contribution in [0.5, 0.6) is 0 Å². The summed E-state index contributed by atoms with van der Waals surface area (Å²) in [5.74, 6) is 0. The molecular weight excluding hydrogens is 300 g/mol. The molecule has 0 saturated carbocycles. The van der Waals surface area contributed by atoms with Crippen LogP contribution < -0.4 is 11.0 Å². The molecule has 1 aliphatic heterocycles. The van der Waals surface area contributed by atoms with Gasteiger partial charge in [0.25, 0.3) is 5.56 Å². The van der Waals surface area contributed by atoms with Gasteiger partial charge in [-0.15, -0.1) is 0 Å². The van der Waals surface area contributed by atoms with Gasteiger partial charge in [0.05, 0.1) is 16.4 Å². The topological polar surface area (TPSA) is 43.5 Å². The number of rotatable bonds is 0. The minimum atomic E-state index is -0.0474. The molecule has 0 spiro atoms. The van der Waals surface area contributed by atoms with Crippen molar-refractivity contribution >= 4 is 27.5 Å². The molecule has 0 radical (unpaired) electrons. The molecule has 2 aromatic carbocycles. The zero-order valence-corrected chi connectivity index (χ0v) is 13.4. The summed E-state index contributed by atoms with van der Waals surface area (Å²) in [5, 5.41) is 1.34. The molecule has 0 unspecified atom stereocenters. The Morgan fingerprint density at radius 3 is 2.67 bits per heavy atom. The van der Waals surface area contributed by atoms with E-state index < -0.39 is 0 Å². The zero-order chi connectivity index (χ0) is 16.4. The number of benzene rings is 2. The molecule has 2 aromatic heterocycles. The van der Waals surface area contributed by atoms with Gasteiger partial charge in [0.1, 0.15) is 5.65 Å². The van der Waals surface area contributed by atoms with E-state index >= 15 is 0 Å². The van der Waals surface area contributed by atoms with E-state index in [9.17, 15) is 9.59 Å². The molecule has 24 heavy (non-hydrogen) atoms. The maximum absolute atomic E-state index is 13.2. The predicted molar refractivity (Wildman–Crippen MR) is 96.0 cm³/mol. The Morgan fingerprint density at radius 1 is 0.958 bits per heavy atom. The zero-order valence-electron chi connectivity index (χ0n) is 13.4. The van der Waals surface area contributed by atoms with Crippen LogP contribution in [0.25, 0.3) is 27.5 Å². The average Bonchev–Trinajstić information content (AvgIpc) is 2.61. The van der Waals surface area contributed by atoms with E-state index in [0.717, 1.165) is 41.7 Å². The SMILES string of the molecule is Cc1ccc2c(c1)c(=O)c1c3n(c4ccccc4c(=O)n23)CCC1. The lowest BCUT2D eigenvalue weighted by atomic mass is 10.0. The lowest BCUT2D eigenvalue weighted by Gasteiger charge is -2.23. The van der Waals surface area contributed by atoms with Crippen LogP contribution in [0.2, 0.25) is 0 Å². The number of aromatic nitrogens is 2. The summed E-state index contributed by atoms with van der Waals surface area (Å²) in [6.45, 7) is 2.80. The standard InChI is InChI=1S/C20H16N2O2/c1-12-8-9-17-15(11-12)18(23)14-6-4-10-21-16-7-3-2-5-13(16)20(24)22(17)19(14)21/h2-3,5,7-9,11H,4,6,10H2,1H3. The van der Waals surface area contributed by atoms with Gasteiger partial charge in [-0.2, -0.15) is 0 Å². The van der Waals surface area contributed by atoms with Crippen LogP contribution in [0, 0.1) is 6.92 Å². The fourth-order valence-electron chi connectivity index (χ4n) is 4.02. The smallest absolute Gasteiger partial charge is 0.266 e. The summed E-state index contributed by atoms with van der Waals surface area (Å²) in [6.07, 6.45) is 1.64. The first kappa shape index (κ1) is 13.5. The second-order valence-corrected chi connectivity index (χ2v) is 6.56. The Kier molecular flexibility index (Phi) is 2.58. The van der Waals surface area contributed by atoms with Crippen molar-refractivity contribution in [3.05, 3.63) is 74.2 Å². The Hall–Kier alpha value is -2.88. The molecular formula is C20H16N2O2. The van der Waals surface area contributed by atoms with E-state index in [1.807, 2.05) is 49.4 Å². The molecule has 0 amide bonds. The van der Waals surface area contributed by atoms with E-state index in [1.165, 1.54) is 0 Å². The lowest BCUT2D eigenvalue weighted by molar-refractivity contribution is 0.630. The minimum Gasteiger partial charge on any atom is -0.326 e. The molecule has 0 fully saturated rings. The first-order chi connectivity index (χ1) is 11.7. The predicted octanol–water partition coefficient (Wildman–Crippen LogP) is 3.02. The Labute approximate surface area is 137 Å². The molecule has 0 saturated heterocycles. The van der Waals surface area contributed by atoms with Gasteiger partial charge in [-0.1, -0.05) is 23.8 Å². The van der Waals surface area contributed by atoms with E-state index in [4.69, 9.17) is 0 Å². The summed E-state index contributed by atoms with van der Waals surface area (Å²) < 4.78 is 3.88. The molecule has 0 atom stereocenters. The van der Waals surface area contributed by atoms with Crippen molar-refractivity contribution in [3.8, 4) is 0 Å². The number of hydrogen-bond donors (Lipinski definition) is 0. The summed E-state index contributed by atoms with van der Waals surface area (Å²) >= 11 is 0. The van der Waals surface area contributed by atoms with Crippen LogP contribution in [-0.4, -0.2) is 8.97 Å². The third-order valence-corrected chi connectivity index (χ3v) is 5.09. The van der Waals surface area contributed by atoms with Crippen LogP contribution >= 0.6 is 0 Å². The Balaban J connectivity index is 2.22. The van der Waals surface area contributed by atoms with Crippen LogP contribution in [0.3, 0.4) is 0 Å². The largest absolute Gasteiger partial charge is 0.326 e. The van der Waals surface area contributed by atoms with Crippen LogP contribution in [0.15, 0.2) is 52.1 Å². The van der Waals surface area contributed by atoms with Crippen molar-refractivity contribution in [2.75, 3.05) is 0 Å². The normalized spacial score (nSPS) is 13.9. The molecule has 1 aliphatic rings. The maximum atomic E-state index is 13.2. The number of fused-ring (bicyclic) bond motifs is 4. The van der Waals surface area contributed by atoms with Crippen molar-refractivity contribution in [2.45, 2.75) is 26.3 Å². The summed E-state index contributed by atoms with van der Waals surface area (Å²) in [5.41, 5.74) is 4.20. The van der Waals surface area contributed by atoms with Crippen molar-refractivity contribution in [2.24, 2.45) is 0 Å². The fraction of sp³-hybridized carbons (Fsp3) is 0.200.